The van der Waals surface area contributed by atoms with Crippen LogP contribution in [0.15, 0.2) is 29.4 Å². The first-order valence-corrected chi connectivity index (χ1v) is 15.5. The fourth-order valence-corrected chi connectivity index (χ4v) is 7.88. The second kappa shape index (κ2) is 11.1. The molecule has 2 aromatic rings. The van der Waals surface area contributed by atoms with Crippen LogP contribution >= 0.6 is 11.8 Å². The molecular formula is C29H38F3N5OS. The minimum atomic E-state index is -4.28. The minimum Gasteiger partial charge on any atom is -0.342 e. The summed E-state index contributed by atoms with van der Waals surface area (Å²) in [5.41, 5.74) is 0.482. The predicted molar refractivity (Wildman–Crippen MR) is 145 cm³/mol. The smallest absolute Gasteiger partial charge is 0.342 e. The third-order valence-corrected chi connectivity index (χ3v) is 10.5. The maximum Gasteiger partial charge on any atom is 0.416 e. The summed E-state index contributed by atoms with van der Waals surface area (Å²) < 4.78 is 40.9. The molecule has 4 fully saturated rings. The van der Waals surface area contributed by atoms with Gasteiger partial charge in [-0.2, -0.15) is 13.2 Å². The molecule has 0 spiro atoms. The fourth-order valence-electron chi connectivity index (χ4n) is 7.04. The van der Waals surface area contributed by atoms with Crippen molar-refractivity contribution in [1.29, 1.82) is 0 Å². The maximum absolute atomic E-state index is 12.9. The van der Waals surface area contributed by atoms with Crippen LogP contribution in [-0.2, 0) is 18.0 Å². The summed E-state index contributed by atoms with van der Waals surface area (Å²) >= 11 is 1.77. The van der Waals surface area contributed by atoms with E-state index in [1.165, 1.54) is 18.6 Å². The highest BCUT2D eigenvalue weighted by molar-refractivity contribution is 7.99. The molecule has 1 aromatic carbocycles. The van der Waals surface area contributed by atoms with Gasteiger partial charge in [-0.25, -0.2) is 0 Å². The van der Waals surface area contributed by atoms with E-state index in [4.69, 9.17) is 0 Å². The van der Waals surface area contributed by atoms with Crippen molar-refractivity contribution >= 4 is 17.7 Å². The number of carbonyl (C=O) groups is 1. The molecular weight excluding hydrogens is 523 g/mol. The van der Waals surface area contributed by atoms with Crippen molar-refractivity contribution in [3.63, 3.8) is 0 Å². The second-order valence-electron chi connectivity index (χ2n) is 11.9. The molecule has 6 rings (SSSR count). The number of fused-ring (bicyclic) bond motifs is 1. The standard InChI is InChI=1S/C29H38F3N5OS/c1-35-26(20-9-14-37(15-10-20)27(38)21-3-4-21)33-34-28(35)39-16-2-12-36-13-11-22-17-23(18-25(22)36)19-5-7-24(8-6-19)29(30,31)32/h5-8,20-23,25H,2-4,9-18H2,1H3/t22-,23+,25?/m1/s1. The van der Waals surface area contributed by atoms with Crippen LogP contribution in [0, 0.1) is 11.8 Å². The van der Waals surface area contributed by atoms with Crippen LogP contribution < -0.4 is 0 Å². The molecule has 4 aliphatic rings. The van der Waals surface area contributed by atoms with Gasteiger partial charge in [-0.1, -0.05) is 23.9 Å². The number of amides is 1. The van der Waals surface area contributed by atoms with Crippen LogP contribution in [0.3, 0.4) is 0 Å². The number of hydrogen-bond donors (Lipinski definition) is 0. The zero-order chi connectivity index (χ0) is 27.1. The first kappa shape index (κ1) is 27.1. The number of hydrogen-bond acceptors (Lipinski definition) is 5. The van der Waals surface area contributed by atoms with Crippen molar-refractivity contribution in [3.05, 3.63) is 41.2 Å². The lowest BCUT2D eigenvalue weighted by Crippen LogP contribution is -2.39. The summed E-state index contributed by atoms with van der Waals surface area (Å²) in [5.74, 6) is 4.03. The van der Waals surface area contributed by atoms with E-state index in [1.807, 2.05) is 4.90 Å². The van der Waals surface area contributed by atoms with E-state index in [2.05, 4.69) is 26.7 Å². The average Bonchev–Trinajstić information content (AvgIpc) is 3.44. The van der Waals surface area contributed by atoms with Crippen molar-refractivity contribution in [2.45, 2.75) is 80.6 Å². The van der Waals surface area contributed by atoms with Crippen LogP contribution in [0.5, 0.6) is 0 Å². The highest BCUT2D eigenvalue weighted by Gasteiger charge is 2.42. The molecule has 1 amide bonds. The normalized spacial score (nSPS) is 26.4. The summed E-state index contributed by atoms with van der Waals surface area (Å²) in [6.45, 7) is 3.82. The van der Waals surface area contributed by atoms with Crippen LogP contribution in [-0.4, -0.2) is 68.4 Å². The Morgan fingerprint density at radius 3 is 2.41 bits per heavy atom. The molecule has 6 nitrogen and oxygen atoms in total. The number of benzene rings is 1. The molecule has 10 heteroatoms. The number of piperidine rings is 1. The number of carbonyl (C=O) groups excluding carboxylic acids is 1. The van der Waals surface area contributed by atoms with E-state index in [0.717, 1.165) is 93.4 Å². The molecule has 39 heavy (non-hydrogen) atoms. The van der Waals surface area contributed by atoms with E-state index in [0.29, 0.717) is 35.6 Å². The average molecular weight is 562 g/mol. The fraction of sp³-hybridized carbons (Fsp3) is 0.690. The van der Waals surface area contributed by atoms with Gasteiger partial charge in [0.2, 0.25) is 5.91 Å². The molecule has 2 saturated heterocycles. The highest BCUT2D eigenvalue weighted by atomic mass is 32.2. The maximum atomic E-state index is 12.9. The Bertz CT molecular complexity index is 1160. The topological polar surface area (TPSA) is 54.3 Å². The van der Waals surface area contributed by atoms with Gasteiger partial charge in [-0.15, -0.1) is 10.2 Å². The monoisotopic (exact) mass is 561 g/mol. The largest absolute Gasteiger partial charge is 0.416 e. The quantitative estimate of drug-likeness (QED) is 0.306. The highest BCUT2D eigenvalue weighted by Crippen LogP contribution is 2.46. The van der Waals surface area contributed by atoms with Gasteiger partial charge in [0.05, 0.1) is 5.56 Å². The van der Waals surface area contributed by atoms with Crippen LogP contribution in [0.2, 0.25) is 0 Å². The molecule has 0 N–H and O–H groups in total. The van der Waals surface area contributed by atoms with E-state index in [-0.39, 0.29) is 0 Å². The van der Waals surface area contributed by atoms with Crippen molar-refractivity contribution < 1.29 is 18.0 Å². The Morgan fingerprint density at radius 1 is 0.974 bits per heavy atom. The molecule has 2 aliphatic heterocycles. The second-order valence-corrected chi connectivity index (χ2v) is 13.0. The number of alkyl halides is 3. The van der Waals surface area contributed by atoms with Crippen molar-refractivity contribution in [3.8, 4) is 0 Å². The third kappa shape index (κ3) is 5.87. The molecule has 2 saturated carbocycles. The summed E-state index contributed by atoms with van der Waals surface area (Å²) in [7, 11) is 2.06. The van der Waals surface area contributed by atoms with E-state index >= 15 is 0 Å². The lowest BCUT2D eigenvalue weighted by Gasteiger charge is -2.31. The molecule has 1 aromatic heterocycles. The summed E-state index contributed by atoms with van der Waals surface area (Å²) in [6.07, 6.45) is 4.14. The Morgan fingerprint density at radius 2 is 1.72 bits per heavy atom. The SMILES string of the molecule is Cn1c(SCCCN2CC[C@@H]3C[C@H](c4ccc(C(F)(F)F)cc4)CC32)nnc1C1CCN(C(=O)C2CC2)CC1. The summed E-state index contributed by atoms with van der Waals surface area (Å²) in [4.78, 5) is 17.0. The third-order valence-electron chi connectivity index (χ3n) is 9.41. The Balaban J connectivity index is 0.950. The van der Waals surface area contributed by atoms with Gasteiger partial charge in [-0.05, 0) is 94.0 Å². The van der Waals surface area contributed by atoms with Gasteiger partial charge in [0.15, 0.2) is 5.16 Å². The van der Waals surface area contributed by atoms with Crippen LogP contribution in [0.4, 0.5) is 13.2 Å². The molecule has 0 radical (unpaired) electrons. The van der Waals surface area contributed by atoms with Gasteiger partial charge in [0, 0.05) is 43.8 Å². The number of nitrogens with zero attached hydrogens (tertiary/aromatic N) is 5. The van der Waals surface area contributed by atoms with E-state index in [1.54, 1.807) is 23.9 Å². The molecule has 212 valence electrons. The Labute approximate surface area is 232 Å². The van der Waals surface area contributed by atoms with Gasteiger partial charge >= 0.3 is 6.18 Å². The summed E-state index contributed by atoms with van der Waals surface area (Å²) in [5, 5.41) is 9.97. The Kier molecular flexibility index (Phi) is 7.70. The number of rotatable bonds is 8. The number of thioether (sulfide) groups is 1. The molecule has 0 bridgehead atoms. The van der Waals surface area contributed by atoms with Crippen molar-refractivity contribution in [2.24, 2.45) is 18.9 Å². The minimum absolute atomic E-state index is 0.292. The van der Waals surface area contributed by atoms with Gasteiger partial charge < -0.3 is 14.4 Å². The number of aromatic nitrogens is 3. The molecule has 3 atom stereocenters. The van der Waals surface area contributed by atoms with E-state index < -0.39 is 11.7 Å². The first-order valence-electron chi connectivity index (χ1n) is 14.5. The first-order chi connectivity index (χ1) is 18.8. The number of halogens is 3. The molecule has 1 unspecified atom stereocenters. The Hall–Kier alpha value is -2.07. The lowest BCUT2D eigenvalue weighted by atomic mass is 9.94. The van der Waals surface area contributed by atoms with Gasteiger partial charge in [-0.3, -0.25) is 4.79 Å². The zero-order valence-electron chi connectivity index (χ0n) is 22.6. The van der Waals surface area contributed by atoms with Crippen molar-refractivity contribution in [1.82, 2.24) is 24.6 Å². The molecule has 2 aliphatic carbocycles. The van der Waals surface area contributed by atoms with Crippen LogP contribution in [0.25, 0.3) is 0 Å². The van der Waals surface area contributed by atoms with Crippen molar-refractivity contribution in [2.75, 3.05) is 31.9 Å². The van der Waals surface area contributed by atoms with Gasteiger partial charge in [0.1, 0.15) is 5.82 Å². The number of likely N-dealkylation sites (tertiary alicyclic amines) is 2. The summed E-state index contributed by atoms with van der Waals surface area (Å²) in [6, 6.07) is 6.37. The lowest BCUT2D eigenvalue weighted by molar-refractivity contribution is -0.137. The molecule has 3 heterocycles. The van der Waals surface area contributed by atoms with Crippen LogP contribution in [0.1, 0.15) is 80.2 Å². The van der Waals surface area contributed by atoms with E-state index in [9.17, 15) is 18.0 Å². The van der Waals surface area contributed by atoms with Gasteiger partial charge in [0.25, 0.3) is 0 Å². The zero-order valence-corrected chi connectivity index (χ0v) is 23.4. The predicted octanol–water partition coefficient (Wildman–Crippen LogP) is 5.70.